The fraction of sp³-hybridized carbons (Fsp3) is 0.824. The predicted molar refractivity (Wildman–Crippen MR) is 82.6 cm³/mol. The third-order valence-corrected chi connectivity index (χ3v) is 6.78. The first kappa shape index (κ1) is 15.7. The Morgan fingerprint density at radius 2 is 1.75 bits per heavy atom. The zero-order valence-electron chi connectivity index (χ0n) is 14.3. The molecule has 0 radical (unpaired) electrons. The molecule has 0 aromatic rings. The van der Waals surface area contributed by atoms with E-state index >= 15 is 0 Å². The molecular weight excluding hydrogens is 312 g/mol. The van der Waals surface area contributed by atoms with Gasteiger partial charge in [0.05, 0.1) is 18.6 Å². The van der Waals surface area contributed by atoms with Crippen LogP contribution in [-0.4, -0.2) is 51.8 Å². The summed E-state index contributed by atoms with van der Waals surface area (Å²) in [5, 5.41) is 12.2. The fourth-order valence-electron chi connectivity index (χ4n) is 6.15. The van der Waals surface area contributed by atoms with Crippen LogP contribution in [0.1, 0.15) is 46.0 Å². The van der Waals surface area contributed by atoms with Crippen molar-refractivity contribution in [1.29, 1.82) is 0 Å². The minimum atomic E-state index is -1.09. The summed E-state index contributed by atoms with van der Waals surface area (Å²) in [7, 11) is 1.44. The normalized spacial score (nSPS) is 42.0. The molecule has 5 atom stereocenters. The number of hydrogen-bond acceptors (Lipinski definition) is 4. The van der Waals surface area contributed by atoms with Gasteiger partial charge in [0.15, 0.2) is 0 Å². The van der Waals surface area contributed by atoms with Crippen LogP contribution >= 0.6 is 0 Å². The van der Waals surface area contributed by atoms with Gasteiger partial charge in [0.25, 0.3) is 5.91 Å². The van der Waals surface area contributed by atoms with Crippen LogP contribution in [0.4, 0.5) is 4.79 Å². The molecule has 4 bridgehead atoms. The highest BCUT2D eigenvalue weighted by Crippen LogP contribution is 2.62. The average Bonchev–Trinajstić information content (AvgIpc) is 2.50. The van der Waals surface area contributed by atoms with Crippen molar-refractivity contribution in [1.82, 2.24) is 10.0 Å². The van der Waals surface area contributed by atoms with Crippen molar-refractivity contribution in [3.8, 4) is 0 Å². The van der Waals surface area contributed by atoms with Gasteiger partial charge in [-0.25, -0.2) is 14.8 Å². The number of carbonyl (C=O) groups excluding carboxylic acids is 2. The maximum Gasteiger partial charge on any atom is 0.427 e. The second kappa shape index (κ2) is 4.64. The van der Waals surface area contributed by atoms with Gasteiger partial charge in [0, 0.05) is 0 Å². The molecular formula is C17H24N2O5. The molecule has 5 fully saturated rings. The van der Waals surface area contributed by atoms with Crippen LogP contribution in [0.15, 0.2) is 0 Å². The molecule has 7 heteroatoms. The van der Waals surface area contributed by atoms with Gasteiger partial charge in [-0.15, -0.1) is 0 Å². The Labute approximate surface area is 140 Å². The lowest BCUT2D eigenvalue weighted by Crippen LogP contribution is -2.81. The van der Waals surface area contributed by atoms with Gasteiger partial charge in [-0.05, 0) is 63.7 Å². The zero-order valence-corrected chi connectivity index (χ0v) is 14.3. The van der Waals surface area contributed by atoms with E-state index in [0.717, 1.165) is 19.3 Å². The summed E-state index contributed by atoms with van der Waals surface area (Å²) in [6.07, 6.45) is 3.14. The van der Waals surface area contributed by atoms with Crippen molar-refractivity contribution < 1.29 is 24.2 Å². The first-order valence-corrected chi connectivity index (χ1v) is 8.66. The van der Waals surface area contributed by atoms with E-state index in [1.807, 2.05) is 0 Å². The van der Waals surface area contributed by atoms with E-state index in [9.17, 15) is 19.5 Å². The number of hydrazine groups is 1. The third-order valence-electron chi connectivity index (χ3n) is 6.78. The summed E-state index contributed by atoms with van der Waals surface area (Å²) in [5.74, 6) is 0.579. The number of carbonyl (C=O) groups is 3. The van der Waals surface area contributed by atoms with Gasteiger partial charge in [0.1, 0.15) is 5.54 Å². The summed E-state index contributed by atoms with van der Waals surface area (Å²) >= 11 is 0. The van der Waals surface area contributed by atoms with Crippen molar-refractivity contribution in [2.75, 3.05) is 7.11 Å². The molecule has 1 N–H and O–H groups in total. The van der Waals surface area contributed by atoms with Crippen molar-refractivity contribution in [2.24, 2.45) is 23.2 Å². The first-order valence-electron chi connectivity index (χ1n) is 8.66. The van der Waals surface area contributed by atoms with Crippen molar-refractivity contribution >= 4 is 18.0 Å². The number of hydrogen-bond donors (Lipinski definition) is 1. The van der Waals surface area contributed by atoms with Crippen LogP contribution in [0.2, 0.25) is 0 Å². The number of ether oxygens (including phenoxy) is 1. The van der Waals surface area contributed by atoms with Gasteiger partial charge >= 0.3 is 12.1 Å². The molecule has 24 heavy (non-hydrogen) atoms. The van der Waals surface area contributed by atoms with Crippen LogP contribution in [0.3, 0.4) is 0 Å². The third kappa shape index (κ3) is 1.75. The zero-order chi connectivity index (χ0) is 17.4. The highest BCUT2D eigenvalue weighted by Gasteiger charge is 2.66. The number of rotatable bonds is 2. The van der Waals surface area contributed by atoms with E-state index in [1.54, 1.807) is 13.8 Å². The fourth-order valence-corrected chi connectivity index (χ4v) is 6.15. The van der Waals surface area contributed by atoms with E-state index < -0.39 is 17.0 Å². The lowest BCUT2D eigenvalue weighted by molar-refractivity contribution is -0.240. The Morgan fingerprint density at radius 1 is 1.17 bits per heavy atom. The van der Waals surface area contributed by atoms with Crippen molar-refractivity contribution in [3.63, 3.8) is 0 Å². The molecule has 4 aliphatic carbocycles. The largest absolute Gasteiger partial charge is 0.469 e. The Morgan fingerprint density at radius 3 is 2.25 bits per heavy atom. The second-order valence-corrected chi connectivity index (χ2v) is 8.54. The van der Waals surface area contributed by atoms with E-state index in [0.29, 0.717) is 18.8 Å². The van der Waals surface area contributed by atoms with E-state index in [4.69, 9.17) is 4.74 Å². The van der Waals surface area contributed by atoms with E-state index in [2.05, 4.69) is 0 Å². The molecule has 0 aromatic heterocycles. The Hall–Kier alpha value is -1.79. The lowest BCUT2D eigenvalue weighted by Gasteiger charge is -2.65. The van der Waals surface area contributed by atoms with Crippen molar-refractivity contribution in [2.45, 2.75) is 57.5 Å². The lowest BCUT2D eigenvalue weighted by atomic mass is 9.47. The summed E-state index contributed by atoms with van der Waals surface area (Å²) in [4.78, 5) is 36.6. The molecule has 4 saturated carbocycles. The number of nitrogens with zero attached hydrogens (tertiary/aromatic N) is 2. The Bertz CT molecular complexity index is 614. The van der Waals surface area contributed by atoms with Crippen LogP contribution < -0.4 is 0 Å². The van der Waals surface area contributed by atoms with Gasteiger partial charge in [-0.2, -0.15) is 0 Å². The molecule has 3 unspecified atom stereocenters. The molecule has 1 aliphatic heterocycles. The predicted octanol–water partition coefficient (Wildman–Crippen LogP) is 1.87. The molecule has 1 saturated heterocycles. The second-order valence-electron chi connectivity index (χ2n) is 8.54. The highest BCUT2D eigenvalue weighted by molar-refractivity contribution is 5.96. The van der Waals surface area contributed by atoms with Crippen LogP contribution in [0.25, 0.3) is 0 Å². The number of amides is 2. The van der Waals surface area contributed by atoms with E-state index in [1.165, 1.54) is 17.1 Å². The van der Waals surface area contributed by atoms with Gasteiger partial charge in [-0.1, -0.05) is 0 Å². The van der Waals surface area contributed by atoms with Gasteiger partial charge in [-0.3, -0.25) is 9.59 Å². The first-order chi connectivity index (χ1) is 11.2. The SMILES string of the molecule is COC(=O)C12CC3C[C@H](C1)C(N1C(=O)C(C)(C)N1C(=O)O)[C@@H](C3)C2. The van der Waals surface area contributed by atoms with Crippen LogP contribution in [-0.2, 0) is 14.3 Å². The smallest absolute Gasteiger partial charge is 0.427 e. The summed E-state index contributed by atoms with van der Waals surface area (Å²) in [6.45, 7) is 3.29. The topological polar surface area (TPSA) is 87.2 Å². The Kier molecular flexibility index (Phi) is 3.04. The maximum atomic E-state index is 12.6. The monoisotopic (exact) mass is 336 g/mol. The van der Waals surface area contributed by atoms with Gasteiger partial charge < -0.3 is 9.84 Å². The molecule has 0 spiro atoms. The molecule has 0 aromatic carbocycles. The van der Waals surface area contributed by atoms with Gasteiger partial charge in [0.2, 0.25) is 0 Å². The molecule has 5 rings (SSSR count). The molecule has 132 valence electrons. The summed E-state index contributed by atoms with van der Waals surface area (Å²) < 4.78 is 5.06. The van der Waals surface area contributed by atoms with Crippen LogP contribution in [0, 0.1) is 23.2 Å². The van der Waals surface area contributed by atoms with Crippen LogP contribution in [0.5, 0.6) is 0 Å². The molecule has 1 heterocycles. The minimum Gasteiger partial charge on any atom is -0.469 e. The minimum absolute atomic E-state index is 0.101. The number of esters is 1. The maximum absolute atomic E-state index is 12.6. The number of carboxylic acid groups (broad SMARTS) is 1. The number of methoxy groups -OCH3 is 1. The molecule has 2 amide bonds. The molecule has 7 nitrogen and oxygen atoms in total. The van der Waals surface area contributed by atoms with E-state index in [-0.39, 0.29) is 29.8 Å². The van der Waals surface area contributed by atoms with Crippen molar-refractivity contribution in [3.05, 3.63) is 0 Å². The molecule has 5 aliphatic rings. The standard InChI is InChI=1S/C17H24N2O5/c1-16(2)13(20)18(19(16)15(22)23)12-10-4-9-5-11(12)8-17(6-9,7-10)14(21)24-3/h9-12H,4-8H2,1-3H3,(H,22,23)/t9?,10-,11+,12?,17?. The highest BCUT2D eigenvalue weighted by atomic mass is 16.5. The quantitative estimate of drug-likeness (QED) is 0.778. The average molecular weight is 336 g/mol. The summed E-state index contributed by atoms with van der Waals surface area (Å²) in [6, 6.07) is -0.101. The summed E-state index contributed by atoms with van der Waals surface area (Å²) in [5.41, 5.74) is -1.42. The Balaban J connectivity index is 1.65.